The van der Waals surface area contributed by atoms with Crippen molar-refractivity contribution in [2.24, 2.45) is 0 Å². The average molecular weight is 350 g/mol. The molecule has 0 heterocycles. The van der Waals surface area contributed by atoms with Crippen LogP contribution in [-0.4, -0.2) is 30.2 Å². The van der Waals surface area contributed by atoms with Crippen molar-refractivity contribution in [2.75, 3.05) is 14.2 Å². The zero-order valence-electron chi connectivity index (χ0n) is 13.5. The molecule has 2 rings (SSSR count). The van der Waals surface area contributed by atoms with Crippen molar-refractivity contribution in [3.63, 3.8) is 0 Å². The minimum absolute atomic E-state index is 0.0979. The van der Waals surface area contributed by atoms with Gasteiger partial charge < -0.3 is 9.64 Å². The van der Waals surface area contributed by atoms with Crippen LogP contribution in [-0.2, 0) is 11.3 Å². The molecule has 3 nitrogen and oxygen atoms in total. The van der Waals surface area contributed by atoms with E-state index in [0.29, 0.717) is 11.6 Å². The van der Waals surface area contributed by atoms with Crippen molar-refractivity contribution in [2.45, 2.75) is 23.6 Å². The highest BCUT2D eigenvalue weighted by atomic mass is 35.5. The second-order valence-corrected chi connectivity index (χ2v) is 7.11. The summed E-state index contributed by atoms with van der Waals surface area (Å²) in [5, 5.41) is 0.548. The molecule has 1 amide bonds. The maximum atomic E-state index is 12.5. The first-order valence-electron chi connectivity index (χ1n) is 7.29. The Hall–Kier alpha value is -1.65. The number of benzene rings is 2. The molecular formula is C18H20ClNO2S. The van der Waals surface area contributed by atoms with Crippen LogP contribution in [0.3, 0.4) is 0 Å². The van der Waals surface area contributed by atoms with E-state index in [1.807, 2.05) is 62.5 Å². The number of ether oxygens (including phenoxy) is 1. The van der Waals surface area contributed by atoms with Crippen molar-refractivity contribution in [1.29, 1.82) is 0 Å². The summed E-state index contributed by atoms with van der Waals surface area (Å²) in [6.07, 6.45) is 0. The molecule has 23 heavy (non-hydrogen) atoms. The lowest BCUT2D eigenvalue weighted by Gasteiger charge is -2.21. The van der Waals surface area contributed by atoms with Gasteiger partial charge in [0.1, 0.15) is 5.75 Å². The van der Waals surface area contributed by atoms with E-state index in [-0.39, 0.29) is 11.2 Å². The SMILES string of the molecule is COc1ccc(S[C@@H](C)C(=O)N(C)Cc2ccc(Cl)cc2)cc1. The molecule has 0 saturated carbocycles. The molecule has 0 aliphatic carbocycles. The number of amides is 1. The molecule has 2 aromatic carbocycles. The summed E-state index contributed by atoms with van der Waals surface area (Å²) in [5.41, 5.74) is 1.06. The van der Waals surface area contributed by atoms with Crippen LogP contribution in [0, 0.1) is 0 Å². The van der Waals surface area contributed by atoms with Crippen LogP contribution < -0.4 is 4.74 Å². The van der Waals surface area contributed by atoms with Crippen LogP contribution in [0.2, 0.25) is 5.02 Å². The smallest absolute Gasteiger partial charge is 0.235 e. The third-order valence-electron chi connectivity index (χ3n) is 3.43. The van der Waals surface area contributed by atoms with Gasteiger partial charge in [0.25, 0.3) is 0 Å². The second-order valence-electron chi connectivity index (χ2n) is 5.26. The Morgan fingerprint density at radius 3 is 2.35 bits per heavy atom. The van der Waals surface area contributed by atoms with Crippen LogP contribution in [0.5, 0.6) is 5.75 Å². The van der Waals surface area contributed by atoms with Gasteiger partial charge in [-0.1, -0.05) is 23.7 Å². The lowest BCUT2D eigenvalue weighted by Crippen LogP contribution is -2.32. The van der Waals surface area contributed by atoms with Gasteiger partial charge in [0.05, 0.1) is 12.4 Å². The van der Waals surface area contributed by atoms with E-state index in [4.69, 9.17) is 16.3 Å². The van der Waals surface area contributed by atoms with Gasteiger partial charge in [0.2, 0.25) is 5.91 Å². The number of halogens is 1. The number of methoxy groups -OCH3 is 1. The molecule has 0 aromatic heterocycles. The minimum Gasteiger partial charge on any atom is -0.497 e. The van der Waals surface area contributed by atoms with Crippen molar-refractivity contribution >= 4 is 29.3 Å². The molecule has 0 aliphatic rings. The fraction of sp³-hybridized carbons (Fsp3) is 0.278. The summed E-state index contributed by atoms with van der Waals surface area (Å²) < 4.78 is 5.14. The first kappa shape index (κ1) is 17.7. The Bertz CT molecular complexity index is 643. The molecule has 2 aromatic rings. The highest BCUT2D eigenvalue weighted by Crippen LogP contribution is 2.26. The molecule has 0 bridgehead atoms. The maximum absolute atomic E-state index is 12.5. The third-order valence-corrected chi connectivity index (χ3v) is 4.78. The third kappa shape index (κ3) is 5.19. The van der Waals surface area contributed by atoms with Crippen LogP contribution in [0.15, 0.2) is 53.4 Å². The molecule has 0 fully saturated rings. The second kappa shape index (κ2) is 8.27. The van der Waals surface area contributed by atoms with Crippen LogP contribution >= 0.6 is 23.4 Å². The maximum Gasteiger partial charge on any atom is 0.235 e. The summed E-state index contributed by atoms with van der Waals surface area (Å²) in [6.45, 7) is 2.50. The number of thioether (sulfide) groups is 1. The predicted molar refractivity (Wildman–Crippen MR) is 96.2 cm³/mol. The number of carbonyl (C=O) groups is 1. The van der Waals surface area contributed by atoms with Crippen LogP contribution in [0.4, 0.5) is 0 Å². The zero-order chi connectivity index (χ0) is 16.8. The molecule has 0 unspecified atom stereocenters. The molecular weight excluding hydrogens is 330 g/mol. The average Bonchev–Trinajstić information content (AvgIpc) is 2.56. The molecule has 1 atom stereocenters. The monoisotopic (exact) mass is 349 g/mol. The Balaban J connectivity index is 1.93. The largest absolute Gasteiger partial charge is 0.497 e. The topological polar surface area (TPSA) is 29.5 Å². The van der Waals surface area contributed by atoms with E-state index < -0.39 is 0 Å². The van der Waals surface area contributed by atoms with Gasteiger partial charge in [-0.2, -0.15) is 0 Å². The van der Waals surface area contributed by atoms with E-state index >= 15 is 0 Å². The standard InChI is InChI=1S/C18H20ClNO2S/c1-13(23-17-10-8-16(22-3)9-11-17)18(21)20(2)12-14-4-6-15(19)7-5-14/h4-11,13H,12H2,1-3H3/t13-/m0/s1. The number of hydrogen-bond donors (Lipinski definition) is 0. The summed E-state index contributed by atoms with van der Waals surface area (Å²) in [5.74, 6) is 0.911. The van der Waals surface area contributed by atoms with E-state index in [1.165, 1.54) is 0 Å². The first-order valence-corrected chi connectivity index (χ1v) is 8.55. The highest BCUT2D eigenvalue weighted by molar-refractivity contribution is 8.00. The number of hydrogen-bond acceptors (Lipinski definition) is 3. The molecule has 0 spiro atoms. The van der Waals surface area contributed by atoms with E-state index in [1.54, 1.807) is 23.8 Å². The van der Waals surface area contributed by atoms with Gasteiger partial charge in [-0.25, -0.2) is 0 Å². The van der Waals surface area contributed by atoms with Gasteiger partial charge in [-0.05, 0) is 48.9 Å². The fourth-order valence-electron chi connectivity index (χ4n) is 2.16. The molecule has 122 valence electrons. The normalized spacial score (nSPS) is 11.8. The lowest BCUT2D eigenvalue weighted by atomic mass is 10.2. The molecule has 5 heteroatoms. The molecule has 0 aliphatic heterocycles. The number of rotatable bonds is 6. The minimum atomic E-state index is -0.152. The Morgan fingerprint density at radius 2 is 1.78 bits per heavy atom. The van der Waals surface area contributed by atoms with Gasteiger partial charge in [-0.3, -0.25) is 4.79 Å². The lowest BCUT2D eigenvalue weighted by molar-refractivity contribution is -0.129. The predicted octanol–water partition coefficient (Wildman–Crippen LogP) is 4.49. The molecule has 0 saturated heterocycles. The summed E-state index contributed by atoms with van der Waals surface area (Å²) in [4.78, 5) is 15.3. The summed E-state index contributed by atoms with van der Waals surface area (Å²) in [6, 6.07) is 15.3. The summed E-state index contributed by atoms with van der Waals surface area (Å²) >= 11 is 7.42. The van der Waals surface area contributed by atoms with Crippen molar-refractivity contribution in [1.82, 2.24) is 4.90 Å². The van der Waals surface area contributed by atoms with Crippen molar-refractivity contribution in [3.05, 3.63) is 59.1 Å². The zero-order valence-corrected chi connectivity index (χ0v) is 15.0. The molecule has 0 radical (unpaired) electrons. The van der Waals surface area contributed by atoms with E-state index in [9.17, 15) is 4.79 Å². The molecule has 0 N–H and O–H groups in total. The van der Waals surface area contributed by atoms with Crippen LogP contribution in [0.1, 0.15) is 12.5 Å². The van der Waals surface area contributed by atoms with Crippen molar-refractivity contribution < 1.29 is 9.53 Å². The van der Waals surface area contributed by atoms with E-state index in [0.717, 1.165) is 16.2 Å². The van der Waals surface area contributed by atoms with Crippen LogP contribution in [0.25, 0.3) is 0 Å². The van der Waals surface area contributed by atoms with E-state index in [2.05, 4.69) is 0 Å². The van der Waals surface area contributed by atoms with Gasteiger partial charge >= 0.3 is 0 Å². The first-order chi connectivity index (χ1) is 11.0. The van der Waals surface area contributed by atoms with Gasteiger partial charge in [-0.15, -0.1) is 11.8 Å². The quantitative estimate of drug-likeness (QED) is 0.720. The summed E-state index contributed by atoms with van der Waals surface area (Å²) in [7, 11) is 3.46. The number of nitrogens with zero attached hydrogens (tertiary/aromatic N) is 1. The Labute approximate surface area is 146 Å². The van der Waals surface area contributed by atoms with Gasteiger partial charge in [0, 0.05) is 23.5 Å². The highest BCUT2D eigenvalue weighted by Gasteiger charge is 2.18. The van der Waals surface area contributed by atoms with Crippen molar-refractivity contribution in [3.8, 4) is 5.75 Å². The Kier molecular flexibility index (Phi) is 6.37. The Morgan fingerprint density at radius 1 is 1.17 bits per heavy atom. The fourth-order valence-corrected chi connectivity index (χ4v) is 3.27. The number of carbonyl (C=O) groups excluding carboxylic acids is 1. The van der Waals surface area contributed by atoms with Gasteiger partial charge in [0.15, 0.2) is 0 Å².